The zero-order valence-corrected chi connectivity index (χ0v) is 16.5. The molecule has 2 aromatic rings. The van der Waals surface area contributed by atoms with E-state index in [4.69, 9.17) is 0 Å². The summed E-state index contributed by atoms with van der Waals surface area (Å²) in [4.78, 5) is 15.0. The fraction of sp³-hybridized carbons (Fsp3) is 0.435. The van der Waals surface area contributed by atoms with Crippen molar-refractivity contribution in [2.45, 2.75) is 45.7 Å². The summed E-state index contributed by atoms with van der Waals surface area (Å²) >= 11 is 0. The second-order valence-electron chi connectivity index (χ2n) is 8.21. The lowest BCUT2D eigenvalue weighted by atomic mass is 9.93. The fourth-order valence-electron chi connectivity index (χ4n) is 3.71. The van der Waals surface area contributed by atoms with Gasteiger partial charge in [0, 0.05) is 31.1 Å². The molecule has 0 aromatic heterocycles. The van der Waals surface area contributed by atoms with Crippen LogP contribution in [0, 0.1) is 11.7 Å². The Morgan fingerprint density at radius 3 is 2.67 bits per heavy atom. The van der Waals surface area contributed by atoms with Crippen molar-refractivity contribution in [3.8, 4) is 0 Å². The van der Waals surface area contributed by atoms with E-state index in [1.54, 1.807) is 6.07 Å². The van der Waals surface area contributed by atoms with E-state index in [1.165, 1.54) is 23.3 Å². The third kappa shape index (κ3) is 4.95. The SMILES string of the molecule is CC(Cc1cccc(F)c1)C(=O)NCC(C)(C)N1CCc2ccccc2C1. The molecule has 1 unspecified atom stereocenters. The van der Waals surface area contributed by atoms with Crippen LogP contribution in [-0.4, -0.2) is 29.4 Å². The number of carbonyl (C=O) groups excluding carboxylic acids is 1. The summed E-state index contributed by atoms with van der Waals surface area (Å²) in [6, 6.07) is 15.1. The number of carbonyl (C=O) groups is 1. The van der Waals surface area contributed by atoms with Crippen molar-refractivity contribution >= 4 is 5.91 Å². The Morgan fingerprint density at radius 2 is 1.93 bits per heavy atom. The van der Waals surface area contributed by atoms with E-state index >= 15 is 0 Å². The van der Waals surface area contributed by atoms with Crippen molar-refractivity contribution in [2.24, 2.45) is 5.92 Å². The van der Waals surface area contributed by atoms with Gasteiger partial charge < -0.3 is 5.32 Å². The van der Waals surface area contributed by atoms with E-state index in [9.17, 15) is 9.18 Å². The molecule has 0 saturated heterocycles. The molecule has 144 valence electrons. The summed E-state index contributed by atoms with van der Waals surface area (Å²) in [5, 5.41) is 3.10. The van der Waals surface area contributed by atoms with Crippen LogP contribution in [0.4, 0.5) is 4.39 Å². The second kappa shape index (κ2) is 8.22. The minimum Gasteiger partial charge on any atom is -0.354 e. The summed E-state index contributed by atoms with van der Waals surface area (Å²) in [6.07, 6.45) is 1.59. The van der Waals surface area contributed by atoms with Gasteiger partial charge in [-0.1, -0.05) is 43.3 Å². The molecular weight excluding hydrogens is 339 g/mol. The molecule has 0 aliphatic carbocycles. The lowest BCUT2D eigenvalue weighted by Crippen LogP contribution is -2.53. The maximum absolute atomic E-state index is 13.3. The molecule has 0 spiro atoms. The zero-order chi connectivity index (χ0) is 19.4. The molecule has 4 heteroatoms. The zero-order valence-electron chi connectivity index (χ0n) is 16.5. The number of halogens is 1. The fourth-order valence-corrected chi connectivity index (χ4v) is 3.71. The van der Waals surface area contributed by atoms with Crippen LogP contribution in [0.3, 0.4) is 0 Å². The number of hydrogen-bond acceptors (Lipinski definition) is 2. The van der Waals surface area contributed by atoms with Crippen LogP contribution in [0.2, 0.25) is 0 Å². The summed E-state index contributed by atoms with van der Waals surface area (Å²) < 4.78 is 13.3. The van der Waals surface area contributed by atoms with Crippen molar-refractivity contribution < 1.29 is 9.18 Å². The first-order valence-corrected chi connectivity index (χ1v) is 9.69. The van der Waals surface area contributed by atoms with Crippen LogP contribution in [0.15, 0.2) is 48.5 Å². The minimum atomic E-state index is -0.258. The first kappa shape index (κ1) is 19.6. The van der Waals surface area contributed by atoms with Gasteiger partial charge in [0.1, 0.15) is 5.82 Å². The van der Waals surface area contributed by atoms with Crippen LogP contribution in [0.5, 0.6) is 0 Å². The number of rotatable bonds is 6. The van der Waals surface area contributed by atoms with Gasteiger partial charge in [-0.15, -0.1) is 0 Å². The molecule has 1 amide bonds. The predicted molar refractivity (Wildman–Crippen MR) is 107 cm³/mol. The van der Waals surface area contributed by atoms with Crippen molar-refractivity contribution in [3.63, 3.8) is 0 Å². The quantitative estimate of drug-likeness (QED) is 0.837. The van der Waals surface area contributed by atoms with Crippen molar-refractivity contribution in [1.82, 2.24) is 10.2 Å². The van der Waals surface area contributed by atoms with E-state index < -0.39 is 0 Å². The van der Waals surface area contributed by atoms with Gasteiger partial charge in [0.15, 0.2) is 0 Å². The standard InChI is InChI=1S/C23H29FN2O/c1-17(13-18-7-6-10-21(24)14-18)22(27)25-16-23(2,3)26-12-11-19-8-4-5-9-20(19)15-26/h4-10,14,17H,11-13,15-16H2,1-3H3,(H,25,27). The Labute approximate surface area is 161 Å². The van der Waals surface area contributed by atoms with E-state index in [2.05, 4.69) is 48.3 Å². The maximum atomic E-state index is 13.3. The van der Waals surface area contributed by atoms with Crippen molar-refractivity contribution in [3.05, 3.63) is 71.0 Å². The highest BCUT2D eigenvalue weighted by Gasteiger charge is 2.30. The first-order valence-electron chi connectivity index (χ1n) is 9.69. The normalized spacial score (nSPS) is 15.9. The highest BCUT2D eigenvalue weighted by atomic mass is 19.1. The van der Waals surface area contributed by atoms with Crippen LogP contribution in [-0.2, 0) is 24.2 Å². The summed E-state index contributed by atoms with van der Waals surface area (Å²) in [6.45, 7) is 8.76. The maximum Gasteiger partial charge on any atom is 0.223 e. The van der Waals surface area contributed by atoms with Gasteiger partial charge in [-0.05, 0) is 55.5 Å². The third-order valence-corrected chi connectivity index (χ3v) is 5.56. The lowest BCUT2D eigenvalue weighted by molar-refractivity contribution is -0.125. The third-order valence-electron chi connectivity index (χ3n) is 5.56. The Balaban J connectivity index is 1.54. The van der Waals surface area contributed by atoms with Gasteiger partial charge in [-0.2, -0.15) is 0 Å². The second-order valence-corrected chi connectivity index (χ2v) is 8.21. The Kier molecular flexibility index (Phi) is 5.95. The van der Waals surface area contributed by atoms with E-state index in [1.807, 2.05) is 13.0 Å². The molecule has 3 rings (SSSR count). The van der Waals surface area contributed by atoms with Gasteiger partial charge in [0.25, 0.3) is 0 Å². The molecule has 1 atom stereocenters. The average Bonchev–Trinajstić information content (AvgIpc) is 2.65. The Morgan fingerprint density at radius 1 is 1.19 bits per heavy atom. The predicted octanol–water partition coefficient (Wildman–Crippen LogP) is 3.96. The van der Waals surface area contributed by atoms with Gasteiger partial charge in [-0.25, -0.2) is 4.39 Å². The Hall–Kier alpha value is -2.20. The van der Waals surface area contributed by atoms with Crippen LogP contribution < -0.4 is 5.32 Å². The molecule has 1 aliphatic rings. The number of fused-ring (bicyclic) bond motifs is 1. The molecular formula is C23H29FN2O. The van der Waals surface area contributed by atoms with E-state index in [0.29, 0.717) is 13.0 Å². The van der Waals surface area contributed by atoms with Gasteiger partial charge >= 0.3 is 0 Å². The Bertz CT molecular complexity index is 802. The molecule has 1 N–H and O–H groups in total. The molecule has 3 nitrogen and oxygen atoms in total. The number of nitrogens with one attached hydrogen (secondary N) is 1. The van der Waals surface area contributed by atoms with Crippen molar-refractivity contribution in [2.75, 3.05) is 13.1 Å². The summed E-state index contributed by atoms with van der Waals surface area (Å²) in [5.74, 6) is -0.430. The number of nitrogens with zero attached hydrogens (tertiary/aromatic N) is 1. The van der Waals surface area contributed by atoms with Crippen molar-refractivity contribution in [1.29, 1.82) is 0 Å². The first-order chi connectivity index (χ1) is 12.8. The molecule has 1 aliphatic heterocycles. The smallest absolute Gasteiger partial charge is 0.223 e. The van der Waals surface area contributed by atoms with Gasteiger partial charge in [0.05, 0.1) is 0 Å². The van der Waals surface area contributed by atoms with Crippen LogP contribution in [0.1, 0.15) is 37.5 Å². The topological polar surface area (TPSA) is 32.3 Å². The molecule has 0 fully saturated rings. The van der Waals surface area contributed by atoms with Crippen LogP contribution >= 0.6 is 0 Å². The molecule has 0 bridgehead atoms. The molecule has 1 heterocycles. The monoisotopic (exact) mass is 368 g/mol. The van der Waals surface area contributed by atoms with E-state index in [0.717, 1.165) is 25.1 Å². The summed E-state index contributed by atoms with van der Waals surface area (Å²) in [5.41, 5.74) is 3.53. The molecule has 2 aromatic carbocycles. The number of benzene rings is 2. The molecule has 0 radical (unpaired) electrons. The largest absolute Gasteiger partial charge is 0.354 e. The number of hydrogen-bond donors (Lipinski definition) is 1. The van der Waals surface area contributed by atoms with Gasteiger partial charge in [-0.3, -0.25) is 9.69 Å². The molecule has 27 heavy (non-hydrogen) atoms. The van der Waals surface area contributed by atoms with Crippen LogP contribution in [0.25, 0.3) is 0 Å². The number of amides is 1. The average molecular weight is 368 g/mol. The molecule has 0 saturated carbocycles. The highest BCUT2D eigenvalue weighted by Crippen LogP contribution is 2.25. The highest BCUT2D eigenvalue weighted by molar-refractivity contribution is 5.78. The lowest BCUT2D eigenvalue weighted by Gasteiger charge is -2.41. The van der Waals surface area contributed by atoms with E-state index in [-0.39, 0.29) is 23.2 Å². The minimum absolute atomic E-state index is 0.0183. The van der Waals surface area contributed by atoms with Gasteiger partial charge in [0.2, 0.25) is 5.91 Å². The summed E-state index contributed by atoms with van der Waals surface area (Å²) in [7, 11) is 0.